The molecule has 0 radical (unpaired) electrons. The topological polar surface area (TPSA) is 48.5 Å². The molecule has 1 N–H and O–H groups in total. The minimum absolute atomic E-state index is 0.349. The van der Waals surface area contributed by atoms with Crippen molar-refractivity contribution in [3.63, 3.8) is 0 Å². The SMILES string of the molecule is O=C(Nc1ccc(N2CCN(Cc3ccsc3)CC2)nc1)c1ccccc1C(F)(F)F. The van der Waals surface area contributed by atoms with E-state index in [4.69, 9.17) is 0 Å². The van der Waals surface area contributed by atoms with E-state index in [1.165, 1.54) is 23.9 Å². The van der Waals surface area contributed by atoms with Crippen LogP contribution in [0.2, 0.25) is 0 Å². The highest BCUT2D eigenvalue weighted by atomic mass is 32.1. The Kier molecular flexibility index (Phi) is 6.24. The van der Waals surface area contributed by atoms with Crippen molar-refractivity contribution in [3.05, 3.63) is 76.1 Å². The fraction of sp³-hybridized carbons (Fsp3) is 0.273. The molecule has 3 heterocycles. The number of pyridine rings is 1. The summed E-state index contributed by atoms with van der Waals surface area (Å²) in [5.74, 6) is -0.0339. The molecule has 5 nitrogen and oxygen atoms in total. The highest BCUT2D eigenvalue weighted by Crippen LogP contribution is 2.32. The number of aromatic nitrogens is 1. The van der Waals surface area contributed by atoms with E-state index in [2.05, 4.69) is 36.9 Å². The van der Waals surface area contributed by atoms with Gasteiger partial charge in [0.25, 0.3) is 5.91 Å². The summed E-state index contributed by atoms with van der Waals surface area (Å²) < 4.78 is 39.4. The Morgan fingerprint density at radius 3 is 2.48 bits per heavy atom. The number of benzene rings is 1. The highest BCUT2D eigenvalue weighted by Gasteiger charge is 2.34. The second-order valence-corrected chi connectivity index (χ2v) is 8.08. The fourth-order valence-corrected chi connectivity index (χ4v) is 4.21. The molecule has 2 aromatic heterocycles. The van der Waals surface area contributed by atoms with Crippen LogP contribution in [0.15, 0.2) is 59.4 Å². The van der Waals surface area contributed by atoms with Crippen LogP contribution in [-0.2, 0) is 12.7 Å². The smallest absolute Gasteiger partial charge is 0.354 e. The first kappa shape index (κ1) is 21.3. The average Bonchev–Trinajstić information content (AvgIpc) is 3.27. The zero-order valence-corrected chi connectivity index (χ0v) is 17.4. The Hall–Kier alpha value is -2.91. The van der Waals surface area contributed by atoms with E-state index in [9.17, 15) is 18.0 Å². The first-order chi connectivity index (χ1) is 14.9. The van der Waals surface area contributed by atoms with Gasteiger partial charge in [-0.15, -0.1) is 0 Å². The third kappa shape index (κ3) is 5.23. The number of thiophene rings is 1. The van der Waals surface area contributed by atoms with Gasteiger partial charge in [-0.25, -0.2) is 4.98 Å². The van der Waals surface area contributed by atoms with Gasteiger partial charge in [0, 0.05) is 32.7 Å². The number of anilines is 2. The number of nitrogens with zero attached hydrogens (tertiary/aromatic N) is 3. The van der Waals surface area contributed by atoms with E-state index >= 15 is 0 Å². The molecule has 1 aliphatic heterocycles. The van der Waals surface area contributed by atoms with Crippen LogP contribution in [0, 0.1) is 0 Å². The molecule has 0 spiro atoms. The molecular formula is C22H21F3N4OS. The Morgan fingerprint density at radius 2 is 1.84 bits per heavy atom. The van der Waals surface area contributed by atoms with Gasteiger partial charge < -0.3 is 10.2 Å². The van der Waals surface area contributed by atoms with Crippen LogP contribution in [0.5, 0.6) is 0 Å². The molecule has 1 aliphatic rings. The fourth-order valence-electron chi connectivity index (χ4n) is 3.55. The molecule has 9 heteroatoms. The molecule has 0 saturated carbocycles. The van der Waals surface area contributed by atoms with Gasteiger partial charge in [-0.3, -0.25) is 9.69 Å². The van der Waals surface area contributed by atoms with Crippen LogP contribution < -0.4 is 10.2 Å². The molecule has 0 bridgehead atoms. The minimum Gasteiger partial charge on any atom is -0.354 e. The molecule has 4 rings (SSSR count). The van der Waals surface area contributed by atoms with Gasteiger partial charge in [-0.1, -0.05) is 12.1 Å². The summed E-state index contributed by atoms with van der Waals surface area (Å²) in [7, 11) is 0. The van der Waals surface area contributed by atoms with Crippen LogP contribution in [-0.4, -0.2) is 42.0 Å². The summed E-state index contributed by atoms with van der Waals surface area (Å²) >= 11 is 1.70. The lowest BCUT2D eigenvalue weighted by Gasteiger charge is -2.35. The first-order valence-electron chi connectivity index (χ1n) is 9.82. The second-order valence-electron chi connectivity index (χ2n) is 7.30. The molecule has 1 saturated heterocycles. The van der Waals surface area contributed by atoms with E-state index in [1.54, 1.807) is 23.5 Å². The summed E-state index contributed by atoms with van der Waals surface area (Å²) in [5.41, 5.74) is 0.295. The number of hydrogen-bond acceptors (Lipinski definition) is 5. The van der Waals surface area contributed by atoms with Crippen molar-refractivity contribution in [2.24, 2.45) is 0 Å². The summed E-state index contributed by atoms with van der Waals surface area (Å²) in [4.78, 5) is 21.3. The Bertz CT molecular complexity index is 1010. The maximum atomic E-state index is 13.1. The molecule has 0 atom stereocenters. The van der Waals surface area contributed by atoms with Gasteiger partial charge in [-0.2, -0.15) is 24.5 Å². The Labute approximate surface area is 182 Å². The van der Waals surface area contributed by atoms with Crippen molar-refractivity contribution < 1.29 is 18.0 Å². The number of nitrogens with one attached hydrogen (secondary N) is 1. The van der Waals surface area contributed by atoms with Crippen molar-refractivity contribution in [3.8, 4) is 0 Å². The maximum absolute atomic E-state index is 13.1. The third-order valence-corrected chi connectivity index (χ3v) is 5.90. The van der Waals surface area contributed by atoms with Gasteiger partial charge in [0.2, 0.25) is 0 Å². The molecule has 0 unspecified atom stereocenters. The van der Waals surface area contributed by atoms with Crippen molar-refractivity contribution >= 4 is 28.7 Å². The van der Waals surface area contributed by atoms with E-state index < -0.39 is 23.2 Å². The van der Waals surface area contributed by atoms with Crippen molar-refractivity contribution in [1.29, 1.82) is 0 Å². The zero-order chi connectivity index (χ0) is 21.8. The lowest BCUT2D eigenvalue weighted by molar-refractivity contribution is -0.137. The Morgan fingerprint density at radius 1 is 1.06 bits per heavy atom. The zero-order valence-electron chi connectivity index (χ0n) is 16.6. The second kappa shape index (κ2) is 9.07. The van der Waals surface area contributed by atoms with Crippen LogP contribution in [0.1, 0.15) is 21.5 Å². The summed E-state index contributed by atoms with van der Waals surface area (Å²) in [6.07, 6.45) is -3.12. The monoisotopic (exact) mass is 446 g/mol. The van der Waals surface area contributed by atoms with Crippen molar-refractivity contribution in [1.82, 2.24) is 9.88 Å². The molecule has 1 amide bonds. The average molecular weight is 446 g/mol. The number of carbonyl (C=O) groups excluding carboxylic acids is 1. The predicted molar refractivity (Wildman–Crippen MR) is 115 cm³/mol. The van der Waals surface area contributed by atoms with E-state index in [-0.39, 0.29) is 0 Å². The van der Waals surface area contributed by atoms with Gasteiger partial charge in [0.1, 0.15) is 5.82 Å². The van der Waals surface area contributed by atoms with Crippen molar-refractivity contribution in [2.75, 3.05) is 36.4 Å². The number of piperazine rings is 1. The number of amides is 1. The number of halogens is 3. The van der Waals surface area contributed by atoms with E-state index in [0.29, 0.717) is 5.69 Å². The van der Waals surface area contributed by atoms with Gasteiger partial charge in [0.15, 0.2) is 0 Å². The summed E-state index contributed by atoms with van der Waals surface area (Å²) in [5, 5.41) is 6.75. The Balaban J connectivity index is 1.35. The van der Waals surface area contributed by atoms with Crippen LogP contribution in [0.3, 0.4) is 0 Å². The standard InChI is InChI=1S/C22H21F3N4OS/c23-22(24,25)19-4-2-1-3-18(19)21(30)27-17-5-6-20(26-13-17)29-10-8-28(9-11-29)14-16-7-12-31-15-16/h1-7,12-13,15H,8-11,14H2,(H,27,30). The van der Waals surface area contributed by atoms with Crippen molar-refractivity contribution in [2.45, 2.75) is 12.7 Å². The lowest BCUT2D eigenvalue weighted by atomic mass is 10.1. The molecular weight excluding hydrogens is 425 g/mol. The maximum Gasteiger partial charge on any atom is 0.417 e. The quantitative estimate of drug-likeness (QED) is 0.615. The molecule has 0 aliphatic carbocycles. The lowest BCUT2D eigenvalue weighted by Crippen LogP contribution is -2.46. The largest absolute Gasteiger partial charge is 0.417 e. The third-order valence-electron chi connectivity index (χ3n) is 5.17. The van der Waals surface area contributed by atoms with Crippen LogP contribution in [0.25, 0.3) is 0 Å². The van der Waals surface area contributed by atoms with Gasteiger partial charge in [0.05, 0.1) is 23.0 Å². The normalized spacial score (nSPS) is 15.1. The number of alkyl halides is 3. The van der Waals surface area contributed by atoms with Gasteiger partial charge in [-0.05, 0) is 46.7 Å². The highest BCUT2D eigenvalue weighted by molar-refractivity contribution is 7.07. The summed E-state index contributed by atoms with van der Waals surface area (Å²) in [6.45, 7) is 4.45. The van der Waals surface area contributed by atoms with Crippen LogP contribution in [0.4, 0.5) is 24.7 Å². The predicted octanol–water partition coefficient (Wildman–Crippen LogP) is 4.74. The molecule has 31 heavy (non-hydrogen) atoms. The van der Waals surface area contributed by atoms with E-state index in [1.807, 2.05) is 0 Å². The molecule has 1 aromatic carbocycles. The number of hydrogen-bond donors (Lipinski definition) is 1. The molecule has 1 fully saturated rings. The first-order valence-corrected chi connectivity index (χ1v) is 10.8. The minimum atomic E-state index is -4.60. The number of rotatable bonds is 5. The van der Waals surface area contributed by atoms with E-state index in [0.717, 1.165) is 50.7 Å². The summed E-state index contributed by atoms with van der Waals surface area (Å²) in [6, 6.07) is 10.3. The molecule has 3 aromatic rings. The molecule has 162 valence electrons. The van der Waals surface area contributed by atoms with Crippen LogP contribution >= 0.6 is 11.3 Å². The van der Waals surface area contributed by atoms with Gasteiger partial charge >= 0.3 is 6.18 Å². The number of carbonyl (C=O) groups is 1.